The van der Waals surface area contributed by atoms with E-state index in [2.05, 4.69) is 29.9 Å². The SMILES string of the molecule is Nc1nc2c(ncn2[C@@H]2O[C@@H]3/C=C\P(=O)(O)O[C@H]4C[C@H](n5cnc6c(N)ncnc65)O[C@@H]4COP(=O)(O)O[C@H]3[C@H]2O)c(=O)[nH]1. The highest BCUT2D eigenvalue weighted by atomic mass is 31.2. The van der Waals surface area contributed by atoms with Gasteiger partial charge in [-0.1, -0.05) is 0 Å². The molecule has 0 amide bonds. The van der Waals surface area contributed by atoms with Crippen molar-refractivity contribution < 1.29 is 47.1 Å². The molecule has 4 aromatic rings. The van der Waals surface area contributed by atoms with E-state index in [4.69, 9.17) is 34.5 Å². The van der Waals surface area contributed by atoms with Crippen molar-refractivity contribution in [2.75, 3.05) is 18.1 Å². The number of nitrogens with two attached hydrogens (primary N) is 2. The molecule has 44 heavy (non-hydrogen) atoms. The minimum Gasteiger partial charge on any atom is -0.386 e. The van der Waals surface area contributed by atoms with E-state index in [9.17, 15) is 28.8 Å². The Balaban J connectivity index is 1.18. The van der Waals surface area contributed by atoms with Crippen LogP contribution in [0.4, 0.5) is 11.8 Å². The van der Waals surface area contributed by atoms with E-state index >= 15 is 0 Å². The lowest BCUT2D eigenvalue weighted by Crippen LogP contribution is -2.34. The van der Waals surface area contributed by atoms with Crippen LogP contribution in [0.3, 0.4) is 0 Å². The van der Waals surface area contributed by atoms with Crippen LogP contribution >= 0.6 is 15.4 Å². The molecule has 0 aliphatic carbocycles. The van der Waals surface area contributed by atoms with E-state index in [-0.39, 0.29) is 29.4 Å². The van der Waals surface area contributed by atoms with Gasteiger partial charge in [0.05, 0.1) is 19.3 Å². The number of imidazole rings is 2. The quantitative estimate of drug-likeness (QED) is 0.145. The number of nitrogens with one attached hydrogen (secondary N) is 1. The molecular formula is C21H24N10O11P2. The maximum Gasteiger partial charge on any atom is 0.472 e. The number of aliphatic hydroxyl groups is 1. The van der Waals surface area contributed by atoms with Crippen molar-refractivity contribution in [2.24, 2.45) is 0 Å². The zero-order valence-corrected chi connectivity index (χ0v) is 23.9. The Morgan fingerprint density at radius 2 is 1.75 bits per heavy atom. The number of nitrogens with zero attached hydrogens (tertiary/aromatic N) is 7. The highest BCUT2D eigenvalue weighted by Crippen LogP contribution is 2.53. The van der Waals surface area contributed by atoms with E-state index in [0.29, 0.717) is 11.2 Å². The number of rotatable bonds is 2. The minimum absolute atomic E-state index is 0.00925. The maximum absolute atomic E-state index is 13.2. The number of aromatic amines is 1. The monoisotopic (exact) mass is 654 g/mol. The molecule has 7 rings (SSSR count). The molecule has 7 heterocycles. The van der Waals surface area contributed by atoms with Crippen molar-refractivity contribution in [3.8, 4) is 0 Å². The van der Waals surface area contributed by atoms with Crippen LogP contribution in [0.1, 0.15) is 18.9 Å². The molecule has 9 atom stereocenters. The first kappa shape index (κ1) is 29.1. The Labute approximate surface area is 244 Å². The number of hydrogen-bond acceptors (Lipinski definition) is 16. The Morgan fingerprint density at radius 3 is 2.57 bits per heavy atom. The van der Waals surface area contributed by atoms with Gasteiger partial charge >= 0.3 is 15.4 Å². The van der Waals surface area contributed by atoms with Gasteiger partial charge in [0.1, 0.15) is 48.6 Å². The topological polar surface area (TPSA) is 300 Å². The largest absolute Gasteiger partial charge is 0.472 e. The van der Waals surface area contributed by atoms with Crippen LogP contribution < -0.4 is 17.0 Å². The third-order valence-corrected chi connectivity index (χ3v) is 9.37. The molecule has 0 aromatic carbocycles. The van der Waals surface area contributed by atoms with Crippen molar-refractivity contribution in [1.29, 1.82) is 0 Å². The number of phosphoric acid groups is 1. The van der Waals surface area contributed by atoms with Crippen molar-refractivity contribution >= 4 is 49.5 Å². The summed E-state index contributed by atoms with van der Waals surface area (Å²) < 4.78 is 56.8. The Kier molecular flexibility index (Phi) is 6.94. The van der Waals surface area contributed by atoms with Gasteiger partial charge in [-0.15, -0.1) is 0 Å². The standard InChI is InChI=1S/C21H24N10O11P2/c22-16-12-17(25-5-24-16)30(6-26-12)11-3-9-10(39-11)4-38-44(36,37)42-15-8(1-2-43(34,35)41-9)40-20(14(15)32)31-7-27-13-18(31)28-21(23)29-19(13)33/h1-2,5-11,14-15,20,32H,3-4H2,(H,34,35)(H,36,37)(H2,22,24,25)(H3,23,28,29,33)/b2-1-/t8-,9+,10-,11-,14-,15-,20-/m1/s1. The molecule has 21 nitrogen and oxygen atoms in total. The molecule has 2 unspecified atom stereocenters. The summed E-state index contributed by atoms with van der Waals surface area (Å²) >= 11 is 0. The lowest BCUT2D eigenvalue weighted by molar-refractivity contribution is -0.0468. The van der Waals surface area contributed by atoms with Crippen molar-refractivity contribution in [1.82, 2.24) is 39.0 Å². The number of nitrogen functional groups attached to an aromatic ring is 2. The molecule has 23 heteroatoms. The van der Waals surface area contributed by atoms with Crippen molar-refractivity contribution in [2.45, 2.75) is 49.4 Å². The highest BCUT2D eigenvalue weighted by molar-refractivity contribution is 7.56. The summed E-state index contributed by atoms with van der Waals surface area (Å²) in [6.07, 6.45) is -4.34. The fourth-order valence-electron chi connectivity index (χ4n) is 5.30. The van der Waals surface area contributed by atoms with Crippen LogP contribution in [0.2, 0.25) is 0 Å². The normalized spacial score (nSPS) is 36.9. The molecule has 0 spiro atoms. The summed E-state index contributed by atoms with van der Waals surface area (Å²) in [5.74, 6) is 0.708. The number of fused-ring (bicyclic) bond motifs is 4. The lowest BCUT2D eigenvalue weighted by atomic mass is 10.1. The smallest absolute Gasteiger partial charge is 0.386 e. The molecule has 2 fully saturated rings. The zero-order chi connectivity index (χ0) is 31.0. The molecule has 3 aliphatic rings. The Hall–Kier alpha value is -3.62. The second-order valence-electron chi connectivity index (χ2n) is 10.1. The van der Waals surface area contributed by atoms with E-state index < -0.39 is 70.6 Å². The fourth-order valence-corrected chi connectivity index (χ4v) is 7.32. The summed E-state index contributed by atoms with van der Waals surface area (Å²) in [6, 6.07) is 0. The Bertz CT molecular complexity index is 1950. The van der Waals surface area contributed by atoms with E-state index in [1.807, 2.05) is 0 Å². The van der Waals surface area contributed by atoms with Crippen molar-refractivity contribution in [3.05, 3.63) is 41.2 Å². The van der Waals surface area contributed by atoms with Gasteiger partial charge in [0.2, 0.25) is 5.95 Å². The van der Waals surface area contributed by atoms with Gasteiger partial charge in [0.15, 0.2) is 28.9 Å². The van der Waals surface area contributed by atoms with Gasteiger partial charge < -0.3 is 35.8 Å². The van der Waals surface area contributed by atoms with Gasteiger partial charge in [-0.2, -0.15) is 4.98 Å². The molecule has 4 aromatic heterocycles. The van der Waals surface area contributed by atoms with Crippen molar-refractivity contribution in [3.63, 3.8) is 0 Å². The third-order valence-electron chi connectivity index (χ3n) is 7.26. The van der Waals surface area contributed by atoms with E-state index in [1.165, 1.54) is 21.8 Å². The molecule has 0 radical (unpaired) electrons. The maximum atomic E-state index is 13.2. The van der Waals surface area contributed by atoms with Gasteiger partial charge in [-0.05, 0) is 6.08 Å². The first-order chi connectivity index (χ1) is 20.9. The number of hydrogen-bond donors (Lipinski definition) is 6. The summed E-state index contributed by atoms with van der Waals surface area (Å²) in [7, 11) is -9.46. The molecule has 0 bridgehead atoms. The van der Waals surface area contributed by atoms with Gasteiger partial charge in [0, 0.05) is 12.2 Å². The van der Waals surface area contributed by atoms with Crippen LogP contribution in [-0.4, -0.2) is 91.1 Å². The molecule has 3 aliphatic heterocycles. The molecular weight excluding hydrogens is 630 g/mol. The number of H-pyrrole nitrogens is 1. The van der Waals surface area contributed by atoms with Crippen LogP contribution in [0.15, 0.2) is 35.7 Å². The second-order valence-corrected chi connectivity index (χ2v) is 13.1. The number of aliphatic hydroxyl groups excluding tert-OH is 1. The average molecular weight is 654 g/mol. The summed E-state index contributed by atoms with van der Waals surface area (Å²) in [5, 5.41) is 11.1. The van der Waals surface area contributed by atoms with Crippen LogP contribution in [0.25, 0.3) is 22.3 Å². The molecule has 8 N–H and O–H groups in total. The predicted molar refractivity (Wildman–Crippen MR) is 145 cm³/mol. The average Bonchev–Trinajstić information content (AvgIpc) is 3.72. The number of phosphoric ester groups is 1. The molecule has 2 saturated heterocycles. The zero-order valence-electron chi connectivity index (χ0n) is 22.1. The summed E-state index contributed by atoms with van der Waals surface area (Å²) in [5.41, 5.74) is 11.3. The lowest BCUT2D eigenvalue weighted by Gasteiger charge is -2.25. The third kappa shape index (κ3) is 5.12. The minimum atomic E-state index is -4.93. The van der Waals surface area contributed by atoms with Crippen LogP contribution in [0.5, 0.6) is 0 Å². The van der Waals surface area contributed by atoms with E-state index in [1.54, 1.807) is 0 Å². The number of anilines is 2. The predicted octanol–water partition coefficient (Wildman–Crippen LogP) is -0.730. The highest BCUT2D eigenvalue weighted by Gasteiger charge is 2.50. The van der Waals surface area contributed by atoms with Crippen LogP contribution in [-0.2, 0) is 32.2 Å². The summed E-state index contributed by atoms with van der Waals surface area (Å²) in [4.78, 5) is 56.1. The van der Waals surface area contributed by atoms with Gasteiger partial charge in [-0.25, -0.2) is 24.5 Å². The first-order valence-corrected chi connectivity index (χ1v) is 16.0. The fraction of sp³-hybridized carbons (Fsp3) is 0.429. The number of ether oxygens (including phenoxy) is 2. The summed E-state index contributed by atoms with van der Waals surface area (Å²) in [6.45, 7) is -0.613. The number of aromatic nitrogens is 8. The van der Waals surface area contributed by atoms with E-state index in [0.717, 1.165) is 18.2 Å². The van der Waals surface area contributed by atoms with Gasteiger partial charge in [-0.3, -0.25) is 37.0 Å². The molecule has 0 saturated carbocycles. The first-order valence-electron chi connectivity index (χ1n) is 12.9. The molecule has 234 valence electrons. The second kappa shape index (κ2) is 10.5. The van der Waals surface area contributed by atoms with Gasteiger partial charge in [0.25, 0.3) is 5.56 Å². The Morgan fingerprint density at radius 1 is 0.977 bits per heavy atom. The van der Waals surface area contributed by atoms with Crippen LogP contribution in [0, 0.1) is 0 Å².